The normalized spacial score (nSPS) is 15.8. The highest BCUT2D eigenvalue weighted by Gasteiger charge is 2.17. The summed E-state index contributed by atoms with van der Waals surface area (Å²) in [6, 6.07) is 14.5. The van der Waals surface area contributed by atoms with Gasteiger partial charge in [-0.2, -0.15) is 0 Å². The predicted molar refractivity (Wildman–Crippen MR) is 106 cm³/mol. The molecule has 2 aromatic carbocycles. The number of halogens is 1. The quantitative estimate of drug-likeness (QED) is 0.661. The monoisotopic (exact) mass is 380 g/mol. The van der Waals surface area contributed by atoms with Crippen molar-refractivity contribution in [3.63, 3.8) is 0 Å². The SMILES string of the molecule is C[C@H](NCc1ccccc1CN1CCCC1)c1nnc(-c2ccc(F)cc2)o1. The van der Waals surface area contributed by atoms with Crippen LogP contribution >= 0.6 is 0 Å². The van der Waals surface area contributed by atoms with Crippen LogP contribution in [0.1, 0.15) is 42.8 Å². The van der Waals surface area contributed by atoms with Gasteiger partial charge < -0.3 is 9.73 Å². The summed E-state index contributed by atoms with van der Waals surface area (Å²) in [6.45, 7) is 6.12. The minimum atomic E-state index is -0.286. The maximum absolute atomic E-state index is 13.1. The Bertz CT molecular complexity index is 903. The number of aromatic nitrogens is 2. The molecule has 0 spiro atoms. The first kappa shape index (κ1) is 18.8. The van der Waals surface area contributed by atoms with Crippen molar-refractivity contribution < 1.29 is 8.81 Å². The molecule has 3 aromatic rings. The lowest BCUT2D eigenvalue weighted by Crippen LogP contribution is -2.22. The number of hydrogen-bond acceptors (Lipinski definition) is 5. The third kappa shape index (κ3) is 4.46. The van der Waals surface area contributed by atoms with Crippen molar-refractivity contribution in [3.8, 4) is 11.5 Å². The highest BCUT2D eigenvalue weighted by molar-refractivity contribution is 5.52. The van der Waals surface area contributed by atoms with E-state index in [1.165, 1.54) is 49.2 Å². The molecule has 0 bridgehead atoms. The summed E-state index contributed by atoms with van der Waals surface area (Å²) < 4.78 is 18.9. The van der Waals surface area contributed by atoms with Gasteiger partial charge in [0.1, 0.15) is 5.82 Å². The van der Waals surface area contributed by atoms with Crippen LogP contribution < -0.4 is 5.32 Å². The molecule has 0 amide bonds. The highest BCUT2D eigenvalue weighted by atomic mass is 19.1. The lowest BCUT2D eigenvalue weighted by Gasteiger charge is -2.18. The van der Waals surface area contributed by atoms with E-state index in [9.17, 15) is 4.39 Å². The first-order valence-electron chi connectivity index (χ1n) is 9.81. The lowest BCUT2D eigenvalue weighted by atomic mass is 10.1. The summed E-state index contributed by atoms with van der Waals surface area (Å²) >= 11 is 0. The maximum Gasteiger partial charge on any atom is 0.247 e. The summed E-state index contributed by atoms with van der Waals surface area (Å²) in [4.78, 5) is 2.51. The highest BCUT2D eigenvalue weighted by Crippen LogP contribution is 2.22. The standard InChI is InChI=1S/C22H25FN4O/c1-16(21-25-26-22(28-21)17-8-10-20(23)11-9-17)24-14-18-6-2-3-7-19(18)15-27-12-4-5-13-27/h2-3,6-11,16,24H,4-5,12-15H2,1H3/t16-/m0/s1. The minimum absolute atomic E-state index is 0.0819. The molecular weight excluding hydrogens is 355 g/mol. The van der Waals surface area contributed by atoms with Crippen molar-refractivity contribution >= 4 is 0 Å². The Morgan fingerprint density at radius 2 is 1.75 bits per heavy atom. The Kier molecular flexibility index (Phi) is 5.78. The Morgan fingerprint density at radius 1 is 1.04 bits per heavy atom. The molecule has 1 aliphatic heterocycles. The Morgan fingerprint density at radius 3 is 2.50 bits per heavy atom. The molecule has 28 heavy (non-hydrogen) atoms. The number of benzene rings is 2. The number of likely N-dealkylation sites (tertiary alicyclic amines) is 1. The summed E-state index contributed by atoms with van der Waals surface area (Å²) in [6.07, 6.45) is 2.59. The van der Waals surface area contributed by atoms with Gasteiger partial charge in [-0.1, -0.05) is 24.3 Å². The Hall–Kier alpha value is -2.57. The number of nitrogens with zero attached hydrogens (tertiary/aromatic N) is 3. The molecule has 1 aromatic heterocycles. The molecule has 1 atom stereocenters. The minimum Gasteiger partial charge on any atom is -0.419 e. The van der Waals surface area contributed by atoms with Gasteiger partial charge in [0.05, 0.1) is 6.04 Å². The topological polar surface area (TPSA) is 54.2 Å². The van der Waals surface area contributed by atoms with E-state index < -0.39 is 0 Å². The van der Waals surface area contributed by atoms with Gasteiger partial charge in [-0.15, -0.1) is 10.2 Å². The summed E-state index contributed by atoms with van der Waals surface area (Å²) in [5.74, 6) is 0.639. The van der Waals surface area contributed by atoms with Crippen LogP contribution in [0.2, 0.25) is 0 Å². The van der Waals surface area contributed by atoms with Crippen molar-refractivity contribution in [1.29, 1.82) is 0 Å². The first-order valence-corrected chi connectivity index (χ1v) is 9.81. The molecule has 1 N–H and O–H groups in total. The fourth-order valence-electron chi connectivity index (χ4n) is 3.53. The molecule has 1 aliphatic rings. The molecular formula is C22H25FN4O. The average Bonchev–Trinajstić information content (AvgIpc) is 3.40. The molecule has 0 unspecified atom stereocenters. The summed E-state index contributed by atoms with van der Waals surface area (Å²) in [7, 11) is 0. The van der Waals surface area contributed by atoms with Crippen molar-refractivity contribution in [2.45, 2.75) is 38.9 Å². The van der Waals surface area contributed by atoms with Crippen LogP contribution in [0, 0.1) is 5.82 Å². The van der Waals surface area contributed by atoms with E-state index in [-0.39, 0.29) is 11.9 Å². The van der Waals surface area contributed by atoms with E-state index in [0.717, 1.165) is 13.1 Å². The molecule has 1 fully saturated rings. The fourth-order valence-corrected chi connectivity index (χ4v) is 3.53. The van der Waals surface area contributed by atoms with Gasteiger partial charge in [0.2, 0.25) is 11.8 Å². The first-order chi connectivity index (χ1) is 13.7. The zero-order valence-electron chi connectivity index (χ0n) is 16.1. The zero-order valence-corrected chi connectivity index (χ0v) is 16.1. The van der Waals surface area contributed by atoms with Gasteiger partial charge in [0.25, 0.3) is 0 Å². The van der Waals surface area contributed by atoms with E-state index >= 15 is 0 Å². The fraction of sp³-hybridized carbons (Fsp3) is 0.364. The molecule has 4 rings (SSSR count). The van der Waals surface area contributed by atoms with Crippen molar-refractivity contribution in [1.82, 2.24) is 20.4 Å². The van der Waals surface area contributed by atoms with Crippen molar-refractivity contribution in [2.24, 2.45) is 0 Å². The third-order valence-electron chi connectivity index (χ3n) is 5.21. The number of nitrogens with one attached hydrogen (secondary N) is 1. The van der Waals surface area contributed by atoms with Gasteiger partial charge in [-0.25, -0.2) is 4.39 Å². The lowest BCUT2D eigenvalue weighted by molar-refractivity contribution is 0.329. The van der Waals surface area contributed by atoms with Crippen LogP contribution in [0.5, 0.6) is 0 Å². The number of rotatable bonds is 7. The van der Waals surface area contributed by atoms with Gasteiger partial charge >= 0.3 is 0 Å². The second-order valence-corrected chi connectivity index (χ2v) is 7.31. The van der Waals surface area contributed by atoms with Crippen LogP contribution in [0.4, 0.5) is 4.39 Å². The van der Waals surface area contributed by atoms with E-state index in [2.05, 4.69) is 44.7 Å². The smallest absolute Gasteiger partial charge is 0.247 e. The molecule has 5 nitrogen and oxygen atoms in total. The maximum atomic E-state index is 13.1. The van der Waals surface area contributed by atoms with Gasteiger partial charge in [-0.05, 0) is 68.2 Å². The van der Waals surface area contributed by atoms with Crippen LogP contribution in [-0.2, 0) is 13.1 Å². The van der Waals surface area contributed by atoms with Crippen LogP contribution in [0.3, 0.4) is 0 Å². The molecule has 0 aliphatic carbocycles. The molecule has 6 heteroatoms. The third-order valence-corrected chi connectivity index (χ3v) is 5.21. The van der Waals surface area contributed by atoms with E-state index in [1.54, 1.807) is 12.1 Å². The van der Waals surface area contributed by atoms with E-state index in [0.29, 0.717) is 17.3 Å². The van der Waals surface area contributed by atoms with Crippen LogP contribution in [-0.4, -0.2) is 28.2 Å². The van der Waals surface area contributed by atoms with E-state index in [1.807, 2.05) is 6.92 Å². The molecule has 2 heterocycles. The molecule has 0 saturated carbocycles. The van der Waals surface area contributed by atoms with Crippen molar-refractivity contribution in [2.75, 3.05) is 13.1 Å². The average molecular weight is 380 g/mol. The van der Waals surface area contributed by atoms with Gasteiger partial charge in [0.15, 0.2) is 0 Å². The van der Waals surface area contributed by atoms with Gasteiger partial charge in [-0.3, -0.25) is 4.90 Å². The molecule has 0 radical (unpaired) electrons. The largest absolute Gasteiger partial charge is 0.419 e. The molecule has 146 valence electrons. The van der Waals surface area contributed by atoms with E-state index in [4.69, 9.17) is 4.42 Å². The Labute approximate surface area is 164 Å². The van der Waals surface area contributed by atoms with Crippen LogP contribution in [0.15, 0.2) is 52.9 Å². The second-order valence-electron chi connectivity index (χ2n) is 7.31. The van der Waals surface area contributed by atoms with Gasteiger partial charge in [0, 0.05) is 18.7 Å². The summed E-state index contributed by atoms with van der Waals surface area (Å²) in [5, 5.41) is 11.7. The molecule has 1 saturated heterocycles. The predicted octanol–water partition coefficient (Wildman–Crippen LogP) is 4.32. The van der Waals surface area contributed by atoms with Crippen LogP contribution in [0.25, 0.3) is 11.5 Å². The second kappa shape index (κ2) is 8.63. The summed E-state index contributed by atoms with van der Waals surface area (Å²) in [5.41, 5.74) is 3.37. The van der Waals surface area contributed by atoms with Crippen molar-refractivity contribution in [3.05, 3.63) is 71.4 Å². The Balaban J connectivity index is 1.39. The zero-order chi connectivity index (χ0) is 19.3. The number of hydrogen-bond donors (Lipinski definition) is 1.